The number of hydrogen-bond donors (Lipinski definition) is 1. The number of benzene rings is 1. The molecule has 7 nitrogen and oxygen atoms in total. The maximum atomic E-state index is 12.7. The zero-order valence-electron chi connectivity index (χ0n) is 13.8. The first-order valence-electron chi connectivity index (χ1n) is 7.99. The second-order valence-electron chi connectivity index (χ2n) is 6.28. The van der Waals surface area contributed by atoms with Gasteiger partial charge in [-0.15, -0.1) is 0 Å². The second-order valence-corrected chi connectivity index (χ2v) is 8.22. The van der Waals surface area contributed by atoms with Gasteiger partial charge in [0.15, 0.2) is 0 Å². The Morgan fingerprint density at radius 1 is 1.12 bits per heavy atom. The highest BCUT2D eigenvalue weighted by Crippen LogP contribution is 2.31. The van der Waals surface area contributed by atoms with Crippen LogP contribution in [0.2, 0.25) is 0 Å². The van der Waals surface area contributed by atoms with Gasteiger partial charge >= 0.3 is 6.03 Å². The van der Waals surface area contributed by atoms with E-state index in [1.54, 1.807) is 12.1 Å². The Balaban J connectivity index is 1.76. The van der Waals surface area contributed by atoms with Gasteiger partial charge in [-0.3, -0.25) is 9.69 Å². The Morgan fingerprint density at radius 2 is 1.71 bits per heavy atom. The number of nitrogens with zero attached hydrogens (tertiary/aromatic N) is 2. The molecule has 1 aromatic rings. The van der Waals surface area contributed by atoms with E-state index in [0.29, 0.717) is 0 Å². The first kappa shape index (κ1) is 16.9. The number of likely N-dealkylation sites (N-methyl/N-ethyl adjacent to an activating group) is 1. The molecular weight excluding hydrogens is 330 g/mol. The summed E-state index contributed by atoms with van der Waals surface area (Å²) >= 11 is 0. The number of aryl methyl sites for hydroxylation is 1. The first-order valence-corrected chi connectivity index (χ1v) is 9.43. The summed E-state index contributed by atoms with van der Waals surface area (Å²) < 4.78 is 26.9. The molecule has 0 aliphatic carbocycles. The molecule has 0 saturated carbocycles. The molecule has 0 bridgehead atoms. The van der Waals surface area contributed by atoms with E-state index in [-0.39, 0.29) is 36.7 Å². The Hall–Kier alpha value is -1.93. The van der Waals surface area contributed by atoms with Gasteiger partial charge in [-0.2, -0.15) is 4.31 Å². The van der Waals surface area contributed by atoms with Crippen LogP contribution in [0.3, 0.4) is 0 Å². The van der Waals surface area contributed by atoms with E-state index in [1.807, 2.05) is 19.1 Å². The lowest BCUT2D eigenvalue weighted by atomic mass is 9.88. The van der Waals surface area contributed by atoms with Crippen molar-refractivity contribution < 1.29 is 18.0 Å². The van der Waals surface area contributed by atoms with Gasteiger partial charge in [0, 0.05) is 20.1 Å². The summed E-state index contributed by atoms with van der Waals surface area (Å²) in [6, 6.07) is 6.44. The van der Waals surface area contributed by atoms with Gasteiger partial charge in [0.05, 0.1) is 4.90 Å². The molecule has 24 heavy (non-hydrogen) atoms. The van der Waals surface area contributed by atoms with Gasteiger partial charge in [0.1, 0.15) is 5.54 Å². The lowest BCUT2D eigenvalue weighted by Gasteiger charge is -2.36. The van der Waals surface area contributed by atoms with Crippen LogP contribution in [0.15, 0.2) is 29.2 Å². The standard InChI is InChI=1S/C16H21N3O4S/c1-3-12-4-6-13(7-5-12)24(22,23)19-10-8-16(9-11-19)14(20)18(2)15(21)17-16/h4-7H,3,8-11H2,1-2H3,(H,17,21). The van der Waals surface area contributed by atoms with Crippen molar-refractivity contribution in [2.45, 2.75) is 36.6 Å². The molecule has 3 rings (SSSR count). The Morgan fingerprint density at radius 3 is 2.17 bits per heavy atom. The van der Waals surface area contributed by atoms with Gasteiger partial charge < -0.3 is 5.32 Å². The third kappa shape index (κ3) is 2.59. The third-order valence-corrected chi connectivity index (χ3v) is 6.82. The van der Waals surface area contributed by atoms with Crippen molar-refractivity contribution in [2.24, 2.45) is 0 Å². The number of hydrogen-bond acceptors (Lipinski definition) is 4. The molecule has 1 spiro atoms. The largest absolute Gasteiger partial charge is 0.324 e. The van der Waals surface area contributed by atoms with Gasteiger partial charge in [-0.05, 0) is 37.0 Å². The second kappa shape index (κ2) is 5.86. The predicted molar refractivity (Wildman–Crippen MR) is 87.8 cm³/mol. The fraction of sp³-hybridized carbons (Fsp3) is 0.500. The van der Waals surface area contributed by atoms with Crippen molar-refractivity contribution >= 4 is 22.0 Å². The molecule has 8 heteroatoms. The number of imide groups is 1. The molecule has 0 aromatic heterocycles. The number of amides is 3. The normalized spacial score (nSPS) is 21.3. The lowest BCUT2D eigenvalue weighted by molar-refractivity contribution is -0.131. The van der Waals surface area contributed by atoms with Crippen molar-refractivity contribution in [1.29, 1.82) is 0 Å². The molecular formula is C16H21N3O4S. The fourth-order valence-electron chi connectivity index (χ4n) is 3.25. The van der Waals surface area contributed by atoms with E-state index in [9.17, 15) is 18.0 Å². The van der Waals surface area contributed by atoms with Gasteiger partial charge in [-0.1, -0.05) is 19.1 Å². The van der Waals surface area contributed by atoms with Crippen LogP contribution in [0.4, 0.5) is 4.79 Å². The Kier molecular flexibility index (Phi) is 4.13. The average Bonchev–Trinajstić information content (AvgIpc) is 2.79. The quantitative estimate of drug-likeness (QED) is 0.822. The molecule has 2 aliphatic rings. The van der Waals surface area contributed by atoms with Crippen LogP contribution >= 0.6 is 0 Å². The SMILES string of the molecule is CCc1ccc(S(=O)(=O)N2CCC3(CC2)NC(=O)N(C)C3=O)cc1. The molecule has 2 saturated heterocycles. The van der Waals surface area contributed by atoms with Crippen molar-refractivity contribution in [2.75, 3.05) is 20.1 Å². The van der Waals surface area contributed by atoms with Gasteiger partial charge in [-0.25, -0.2) is 13.2 Å². The summed E-state index contributed by atoms with van der Waals surface area (Å²) in [6.07, 6.45) is 1.42. The van der Waals surface area contributed by atoms with Crippen LogP contribution in [0, 0.1) is 0 Å². The van der Waals surface area contributed by atoms with E-state index < -0.39 is 21.6 Å². The monoisotopic (exact) mass is 351 g/mol. The summed E-state index contributed by atoms with van der Waals surface area (Å²) in [6.45, 7) is 2.42. The lowest BCUT2D eigenvalue weighted by Crippen LogP contribution is -2.55. The van der Waals surface area contributed by atoms with Crippen molar-refractivity contribution in [3.8, 4) is 0 Å². The smallest absolute Gasteiger partial charge is 0.323 e. The number of nitrogens with one attached hydrogen (secondary N) is 1. The van der Waals surface area contributed by atoms with Crippen molar-refractivity contribution in [3.05, 3.63) is 29.8 Å². The van der Waals surface area contributed by atoms with E-state index in [4.69, 9.17) is 0 Å². The van der Waals surface area contributed by atoms with Crippen LogP contribution in [0.5, 0.6) is 0 Å². The number of urea groups is 1. The number of sulfonamides is 1. The molecule has 3 amide bonds. The Labute approximate surface area is 141 Å². The van der Waals surface area contributed by atoms with Crippen LogP contribution in [0.1, 0.15) is 25.3 Å². The summed E-state index contributed by atoms with van der Waals surface area (Å²) in [5, 5.41) is 2.71. The predicted octanol–water partition coefficient (Wildman–Crippen LogP) is 0.954. The minimum atomic E-state index is -3.58. The van der Waals surface area contributed by atoms with E-state index in [2.05, 4.69) is 5.32 Å². The fourth-order valence-corrected chi connectivity index (χ4v) is 4.69. The topological polar surface area (TPSA) is 86.8 Å². The molecule has 2 heterocycles. The highest BCUT2D eigenvalue weighted by Gasteiger charge is 2.52. The van der Waals surface area contributed by atoms with Crippen LogP contribution in [0.25, 0.3) is 0 Å². The minimum absolute atomic E-state index is 0.206. The van der Waals surface area contributed by atoms with E-state index in [1.165, 1.54) is 11.4 Å². The summed E-state index contributed by atoms with van der Waals surface area (Å²) in [4.78, 5) is 25.3. The Bertz CT molecular complexity index is 765. The van der Waals surface area contributed by atoms with Crippen molar-refractivity contribution in [3.63, 3.8) is 0 Å². The molecule has 0 unspecified atom stereocenters. The summed E-state index contributed by atoms with van der Waals surface area (Å²) in [5.41, 5.74) is 0.123. The summed E-state index contributed by atoms with van der Waals surface area (Å²) in [5.74, 6) is -0.281. The maximum absolute atomic E-state index is 12.7. The van der Waals surface area contributed by atoms with Crippen LogP contribution in [-0.4, -0.2) is 55.2 Å². The number of carbonyl (C=O) groups is 2. The zero-order valence-corrected chi connectivity index (χ0v) is 14.6. The molecule has 1 aromatic carbocycles. The first-order chi connectivity index (χ1) is 11.3. The van der Waals surface area contributed by atoms with Gasteiger partial charge in [0.25, 0.3) is 5.91 Å². The average molecular weight is 351 g/mol. The molecule has 1 N–H and O–H groups in total. The van der Waals surface area contributed by atoms with E-state index in [0.717, 1.165) is 16.9 Å². The highest BCUT2D eigenvalue weighted by atomic mass is 32.2. The van der Waals surface area contributed by atoms with Crippen LogP contribution < -0.4 is 5.32 Å². The minimum Gasteiger partial charge on any atom is -0.323 e. The zero-order chi connectivity index (χ0) is 17.5. The third-order valence-electron chi connectivity index (χ3n) is 4.91. The highest BCUT2D eigenvalue weighted by molar-refractivity contribution is 7.89. The number of rotatable bonds is 3. The number of carbonyl (C=O) groups excluding carboxylic acids is 2. The van der Waals surface area contributed by atoms with Crippen LogP contribution in [-0.2, 0) is 21.2 Å². The summed E-state index contributed by atoms with van der Waals surface area (Å²) in [7, 11) is -2.15. The molecule has 0 radical (unpaired) electrons. The van der Waals surface area contributed by atoms with Crippen molar-refractivity contribution in [1.82, 2.24) is 14.5 Å². The van der Waals surface area contributed by atoms with E-state index >= 15 is 0 Å². The molecule has 130 valence electrons. The molecule has 0 atom stereocenters. The van der Waals surface area contributed by atoms with Gasteiger partial charge in [0.2, 0.25) is 10.0 Å². The number of piperidine rings is 1. The molecule has 2 fully saturated rings. The molecule has 2 aliphatic heterocycles. The maximum Gasteiger partial charge on any atom is 0.324 e.